The molecule has 2 aromatic rings. The van der Waals surface area contributed by atoms with Crippen LogP contribution < -0.4 is 4.74 Å². The van der Waals surface area contributed by atoms with Crippen molar-refractivity contribution in [3.8, 4) is 16.9 Å². The molecule has 1 aromatic carbocycles. The van der Waals surface area contributed by atoms with E-state index < -0.39 is 5.82 Å². The number of pyridine rings is 1. The third-order valence-corrected chi connectivity index (χ3v) is 2.63. The SMILES string of the molecule is COc1ccc(-c2cncc(C(C)=O)c2)c(F)c1. The summed E-state index contributed by atoms with van der Waals surface area (Å²) in [6.07, 6.45) is 2.99. The van der Waals surface area contributed by atoms with Gasteiger partial charge in [0.2, 0.25) is 0 Å². The molecule has 0 aliphatic heterocycles. The predicted molar refractivity (Wildman–Crippen MR) is 66.2 cm³/mol. The average molecular weight is 245 g/mol. The lowest BCUT2D eigenvalue weighted by molar-refractivity contribution is 0.101. The molecule has 0 N–H and O–H groups in total. The number of halogens is 1. The first-order chi connectivity index (χ1) is 8.61. The minimum Gasteiger partial charge on any atom is -0.497 e. The van der Waals surface area contributed by atoms with Gasteiger partial charge in [-0.05, 0) is 25.1 Å². The van der Waals surface area contributed by atoms with Crippen molar-refractivity contribution in [3.05, 3.63) is 48.0 Å². The van der Waals surface area contributed by atoms with Crippen molar-refractivity contribution in [1.29, 1.82) is 0 Å². The zero-order valence-corrected chi connectivity index (χ0v) is 10.1. The fraction of sp³-hybridized carbons (Fsp3) is 0.143. The van der Waals surface area contributed by atoms with Crippen LogP contribution >= 0.6 is 0 Å². The Bertz CT molecular complexity index is 596. The zero-order chi connectivity index (χ0) is 13.1. The molecule has 0 atom stereocenters. The molecular formula is C14H12FNO2. The lowest BCUT2D eigenvalue weighted by atomic mass is 10.0. The van der Waals surface area contributed by atoms with Crippen LogP contribution in [0, 0.1) is 5.82 Å². The normalized spacial score (nSPS) is 10.2. The van der Waals surface area contributed by atoms with Gasteiger partial charge in [0.05, 0.1) is 7.11 Å². The van der Waals surface area contributed by atoms with Crippen LogP contribution in [0.4, 0.5) is 4.39 Å². The monoisotopic (exact) mass is 245 g/mol. The number of carbonyl (C=O) groups excluding carboxylic acids is 1. The van der Waals surface area contributed by atoms with E-state index in [4.69, 9.17) is 4.74 Å². The highest BCUT2D eigenvalue weighted by molar-refractivity contribution is 5.94. The second-order valence-electron chi connectivity index (χ2n) is 3.86. The lowest BCUT2D eigenvalue weighted by Gasteiger charge is -2.06. The summed E-state index contributed by atoms with van der Waals surface area (Å²) in [4.78, 5) is 15.2. The molecule has 0 aliphatic rings. The number of hydrogen-bond donors (Lipinski definition) is 0. The first-order valence-electron chi connectivity index (χ1n) is 5.41. The molecule has 1 heterocycles. The third kappa shape index (κ3) is 2.37. The second-order valence-corrected chi connectivity index (χ2v) is 3.86. The topological polar surface area (TPSA) is 39.2 Å². The fourth-order valence-corrected chi connectivity index (χ4v) is 1.64. The van der Waals surface area contributed by atoms with Crippen LogP contribution in [0.25, 0.3) is 11.1 Å². The van der Waals surface area contributed by atoms with Crippen molar-refractivity contribution >= 4 is 5.78 Å². The molecule has 3 nitrogen and oxygen atoms in total. The minimum atomic E-state index is -0.406. The summed E-state index contributed by atoms with van der Waals surface area (Å²) in [6.45, 7) is 1.45. The van der Waals surface area contributed by atoms with Gasteiger partial charge < -0.3 is 4.74 Å². The number of aromatic nitrogens is 1. The molecule has 0 bridgehead atoms. The van der Waals surface area contributed by atoms with Gasteiger partial charge in [0, 0.05) is 35.2 Å². The summed E-state index contributed by atoms with van der Waals surface area (Å²) in [7, 11) is 1.48. The summed E-state index contributed by atoms with van der Waals surface area (Å²) < 4.78 is 18.8. The summed E-state index contributed by atoms with van der Waals surface area (Å²) >= 11 is 0. The number of benzene rings is 1. The molecule has 18 heavy (non-hydrogen) atoms. The highest BCUT2D eigenvalue weighted by Gasteiger charge is 2.09. The van der Waals surface area contributed by atoms with Gasteiger partial charge in [-0.25, -0.2) is 4.39 Å². The average Bonchev–Trinajstić information content (AvgIpc) is 2.38. The maximum absolute atomic E-state index is 13.9. The second kappa shape index (κ2) is 4.96. The van der Waals surface area contributed by atoms with Gasteiger partial charge in [0.25, 0.3) is 0 Å². The molecule has 0 radical (unpaired) electrons. The standard InChI is InChI=1S/C14H12FNO2/c1-9(17)10-5-11(8-16-7-10)13-4-3-12(18-2)6-14(13)15/h3-8H,1-2H3. The molecule has 0 unspecified atom stereocenters. The molecule has 0 saturated carbocycles. The molecule has 2 rings (SSSR count). The number of rotatable bonds is 3. The van der Waals surface area contributed by atoms with E-state index in [2.05, 4.69) is 4.98 Å². The Kier molecular flexibility index (Phi) is 3.37. The molecule has 0 amide bonds. The Morgan fingerprint density at radius 3 is 2.67 bits per heavy atom. The van der Waals surface area contributed by atoms with Crippen LogP contribution in [0.1, 0.15) is 17.3 Å². The van der Waals surface area contributed by atoms with Crippen LogP contribution in [0.3, 0.4) is 0 Å². The zero-order valence-electron chi connectivity index (χ0n) is 10.1. The molecule has 92 valence electrons. The molecule has 0 saturated heterocycles. The highest BCUT2D eigenvalue weighted by Crippen LogP contribution is 2.26. The van der Waals surface area contributed by atoms with Crippen LogP contribution in [0.5, 0.6) is 5.75 Å². The summed E-state index contributed by atoms with van der Waals surface area (Å²) in [6, 6.07) is 6.20. The highest BCUT2D eigenvalue weighted by atomic mass is 19.1. The Morgan fingerprint density at radius 1 is 1.28 bits per heavy atom. The number of nitrogens with zero attached hydrogens (tertiary/aromatic N) is 1. The molecule has 1 aromatic heterocycles. The number of ketones is 1. The van der Waals surface area contributed by atoms with Crippen molar-refractivity contribution in [2.75, 3.05) is 7.11 Å². The minimum absolute atomic E-state index is 0.0988. The molecule has 0 spiro atoms. The molecule has 0 aliphatic carbocycles. The maximum Gasteiger partial charge on any atom is 0.161 e. The first-order valence-corrected chi connectivity index (χ1v) is 5.41. The van der Waals surface area contributed by atoms with Crippen LogP contribution in [0.15, 0.2) is 36.7 Å². The van der Waals surface area contributed by atoms with Crippen molar-refractivity contribution in [3.63, 3.8) is 0 Å². The fourth-order valence-electron chi connectivity index (χ4n) is 1.64. The maximum atomic E-state index is 13.9. The van der Waals surface area contributed by atoms with Crippen molar-refractivity contribution < 1.29 is 13.9 Å². The number of ether oxygens (including phenoxy) is 1. The molecule has 4 heteroatoms. The van der Waals surface area contributed by atoms with Crippen LogP contribution in [-0.4, -0.2) is 17.9 Å². The van der Waals surface area contributed by atoms with E-state index in [1.165, 1.54) is 32.5 Å². The van der Waals surface area contributed by atoms with E-state index in [9.17, 15) is 9.18 Å². The van der Waals surface area contributed by atoms with E-state index >= 15 is 0 Å². The Balaban J connectivity index is 2.48. The van der Waals surface area contributed by atoms with Crippen LogP contribution in [-0.2, 0) is 0 Å². The van der Waals surface area contributed by atoms with Gasteiger partial charge in [0.15, 0.2) is 5.78 Å². The van der Waals surface area contributed by atoms with Crippen molar-refractivity contribution in [1.82, 2.24) is 4.98 Å². The van der Waals surface area contributed by atoms with E-state index in [-0.39, 0.29) is 5.78 Å². The largest absolute Gasteiger partial charge is 0.497 e. The van der Waals surface area contributed by atoms with E-state index in [0.717, 1.165) is 0 Å². The lowest BCUT2D eigenvalue weighted by Crippen LogP contribution is -1.95. The van der Waals surface area contributed by atoms with Gasteiger partial charge >= 0.3 is 0 Å². The van der Waals surface area contributed by atoms with E-state index in [1.807, 2.05) is 0 Å². The van der Waals surface area contributed by atoms with Gasteiger partial charge in [-0.3, -0.25) is 9.78 Å². The number of carbonyl (C=O) groups is 1. The summed E-state index contributed by atoms with van der Waals surface area (Å²) in [5.74, 6) is -0.0537. The van der Waals surface area contributed by atoms with Crippen molar-refractivity contribution in [2.45, 2.75) is 6.92 Å². The first kappa shape index (κ1) is 12.2. The van der Waals surface area contributed by atoms with Gasteiger partial charge in [-0.15, -0.1) is 0 Å². The number of hydrogen-bond acceptors (Lipinski definition) is 3. The van der Waals surface area contributed by atoms with Crippen LogP contribution in [0.2, 0.25) is 0 Å². The molecule has 0 fully saturated rings. The number of Topliss-reactive ketones (excluding diaryl/α,β-unsaturated/α-hetero) is 1. The molecular weight excluding hydrogens is 233 g/mol. The number of methoxy groups -OCH3 is 1. The summed E-state index contributed by atoms with van der Waals surface area (Å²) in [5, 5.41) is 0. The third-order valence-electron chi connectivity index (χ3n) is 2.63. The van der Waals surface area contributed by atoms with E-state index in [0.29, 0.717) is 22.4 Å². The Labute approximate surface area is 104 Å². The Morgan fingerprint density at radius 2 is 2.06 bits per heavy atom. The van der Waals surface area contributed by atoms with Gasteiger partial charge in [0.1, 0.15) is 11.6 Å². The van der Waals surface area contributed by atoms with E-state index in [1.54, 1.807) is 18.2 Å². The van der Waals surface area contributed by atoms with Gasteiger partial charge in [-0.1, -0.05) is 0 Å². The Hall–Kier alpha value is -2.23. The van der Waals surface area contributed by atoms with Gasteiger partial charge in [-0.2, -0.15) is 0 Å². The predicted octanol–water partition coefficient (Wildman–Crippen LogP) is 3.10. The quantitative estimate of drug-likeness (QED) is 0.780. The van der Waals surface area contributed by atoms with Crippen molar-refractivity contribution in [2.24, 2.45) is 0 Å². The smallest absolute Gasteiger partial charge is 0.161 e. The summed E-state index contributed by atoms with van der Waals surface area (Å²) in [5.41, 5.74) is 1.43.